The Balaban J connectivity index is 1.62. The number of hydrogen-bond acceptors (Lipinski definition) is 1. The van der Waals surface area contributed by atoms with Gasteiger partial charge in [0.2, 0.25) is 0 Å². The molecular weight excluding hydrogens is 332 g/mol. The number of thiophene rings is 1. The predicted molar refractivity (Wildman–Crippen MR) is 116 cm³/mol. The molecule has 0 spiro atoms. The van der Waals surface area contributed by atoms with Gasteiger partial charge in [-0.15, -0.1) is 11.3 Å². The Morgan fingerprint density at radius 2 is 1.42 bits per heavy atom. The topological polar surface area (TPSA) is 0 Å². The van der Waals surface area contributed by atoms with E-state index in [2.05, 4.69) is 87.5 Å². The summed E-state index contributed by atoms with van der Waals surface area (Å²) in [7, 11) is 0. The average molecular weight is 359 g/mol. The van der Waals surface area contributed by atoms with Crippen molar-refractivity contribution in [2.24, 2.45) is 11.8 Å². The molecule has 1 aromatic heterocycles. The van der Waals surface area contributed by atoms with Crippen LogP contribution in [-0.2, 0) is 12.8 Å². The summed E-state index contributed by atoms with van der Waals surface area (Å²) in [6, 6.07) is 24.9. The molecule has 3 aromatic carbocycles. The van der Waals surface area contributed by atoms with E-state index in [9.17, 15) is 0 Å². The van der Waals surface area contributed by atoms with Crippen molar-refractivity contribution >= 4 is 31.5 Å². The van der Waals surface area contributed by atoms with E-state index in [1.54, 1.807) is 0 Å². The van der Waals surface area contributed by atoms with Crippen LogP contribution < -0.4 is 0 Å². The first-order chi connectivity index (χ1) is 12.6. The zero-order valence-corrected chi connectivity index (χ0v) is 16.6. The van der Waals surface area contributed by atoms with Gasteiger partial charge in [-0.1, -0.05) is 69.3 Å². The summed E-state index contributed by atoms with van der Waals surface area (Å²) in [6.45, 7) is 6.98. The van der Waals surface area contributed by atoms with Crippen LogP contribution >= 0.6 is 11.3 Å². The molecule has 0 aliphatic carbocycles. The summed E-state index contributed by atoms with van der Waals surface area (Å²) in [5.74, 6) is 1.45. The molecule has 0 amide bonds. The molecule has 4 rings (SSSR count). The Hall–Kier alpha value is -2.12. The van der Waals surface area contributed by atoms with Crippen LogP contribution in [0.1, 0.15) is 37.5 Å². The summed E-state index contributed by atoms with van der Waals surface area (Å²) in [5.41, 5.74) is 4.28. The first-order valence-electron chi connectivity index (χ1n) is 9.58. The van der Waals surface area contributed by atoms with Gasteiger partial charge in [-0.25, -0.2) is 0 Å². The van der Waals surface area contributed by atoms with E-state index in [-0.39, 0.29) is 0 Å². The van der Waals surface area contributed by atoms with Gasteiger partial charge in [-0.05, 0) is 59.6 Å². The summed E-state index contributed by atoms with van der Waals surface area (Å²) < 4.78 is 2.76. The molecule has 26 heavy (non-hydrogen) atoms. The lowest BCUT2D eigenvalue weighted by Crippen LogP contribution is -2.07. The predicted octanol–water partition coefficient (Wildman–Crippen LogP) is 7.48. The fourth-order valence-corrected chi connectivity index (χ4v) is 4.68. The molecule has 1 atom stereocenters. The molecule has 0 saturated carbocycles. The third kappa shape index (κ3) is 3.54. The van der Waals surface area contributed by atoms with Crippen LogP contribution in [0.4, 0.5) is 0 Å². The quantitative estimate of drug-likeness (QED) is 0.347. The third-order valence-corrected chi connectivity index (χ3v) is 6.69. The highest BCUT2D eigenvalue weighted by Gasteiger charge is 2.09. The van der Waals surface area contributed by atoms with Gasteiger partial charge in [-0.2, -0.15) is 0 Å². The molecule has 0 aliphatic heterocycles. The standard InChI is InChI=1S/C25H26S/c1-17(2)18(3)13-19-7-6-8-20(14-19)15-21-11-12-25-23(16-21)22-9-4-5-10-24(22)26-25/h4-12,14,16-18H,13,15H2,1-3H3. The van der Waals surface area contributed by atoms with E-state index in [4.69, 9.17) is 0 Å². The fourth-order valence-electron chi connectivity index (χ4n) is 3.59. The molecule has 0 N–H and O–H groups in total. The van der Waals surface area contributed by atoms with Gasteiger partial charge < -0.3 is 0 Å². The number of rotatable bonds is 5. The van der Waals surface area contributed by atoms with Crippen LogP contribution in [0.3, 0.4) is 0 Å². The lowest BCUT2D eigenvalue weighted by molar-refractivity contribution is 0.417. The molecule has 1 heteroatoms. The van der Waals surface area contributed by atoms with E-state index in [0.29, 0.717) is 0 Å². The Morgan fingerprint density at radius 1 is 0.692 bits per heavy atom. The van der Waals surface area contributed by atoms with Crippen LogP contribution in [0.2, 0.25) is 0 Å². The highest BCUT2D eigenvalue weighted by Crippen LogP contribution is 2.34. The van der Waals surface area contributed by atoms with Crippen LogP contribution in [0, 0.1) is 11.8 Å². The number of benzene rings is 3. The van der Waals surface area contributed by atoms with Crippen LogP contribution in [0.15, 0.2) is 66.7 Å². The molecule has 0 fully saturated rings. The van der Waals surface area contributed by atoms with Crippen molar-refractivity contribution < 1.29 is 0 Å². The minimum absolute atomic E-state index is 0.721. The maximum atomic E-state index is 2.40. The van der Waals surface area contributed by atoms with Gasteiger partial charge in [0.15, 0.2) is 0 Å². The first-order valence-corrected chi connectivity index (χ1v) is 10.4. The highest BCUT2D eigenvalue weighted by molar-refractivity contribution is 7.25. The van der Waals surface area contributed by atoms with E-state index in [1.807, 2.05) is 11.3 Å². The second-order valence-electron chi connectivity index (χ2n) is 7.85. The second kappa shape index (κ2) is 7.25. The van der Waals surface area contributed by atoms with Crippen molar-refractivity contribution in [2.45, 2.75) is 33.6 Å². The van der Waals surface area contributed by atoms with E-state index < -0.39 is 0 Å². The lowest BCUT2D eigenvalue weighted by atomic mass is 9.90. The molecule has 0 radical (unpaired) electrons. The van der Waals surface area contributed by atoms with E-state index in [1.165, 1.54) is 43.3 Å². The zero-order valence-electron chi connectivity index (χ0n) is 15.8. The molecule has 132 valence electrons. The number of fused-ring (bicyclic) bond motifs is 3. The summed E-state index contributed by atoms with van der Waals surface area (Å²) in [4.78, 5) is 0. The van der Waals surface area contributed by atoms with Gasteiger partial charge >= 0.3 is 0 Å². The van der Waals surface area contributed by atoms with Crippen molar-refractivity contribution in [3.05, 3.63) is 83.4 Å². The Bertz CT molecular complexity index is 1040. The van der Waals surface area contributed by atoms with Crippen LogP contribution in [-0.4, -0.2) is 0 Å². The Labute approximate surface area is 160 Å². The van der Waals surface area contributed by atoms with Gasteiger partial charge in [0, 0.05) is 20.2 Å². The van der Waals surface area contributed by atoms with Crippen LogP contribution in [0.25, 0.3) is 20.2 Å². The third-order valence-electron chi connectivity index (χ3n) is 5.54. The van der Waals surface area contributed by atoms with Crippen molar-refractivity contribution in [2.75, 3.05) is 0 Å². The average Bonchev–Trinajstić information content (AvgIpc) is 3.00. The van der Waals surface area contributed by atoms with Crippen LogP contribution in [0.5, 0.6) is 0 Å². The zero-order chi connectivity index (χ0) is 18.1. The SMILES string of the molecule is CC(C)C(C)Cc1cccc(Cc2ccc3sc4ccccc4c3c2)c1. The monoisotopic (exact) mass is 358 g/mol. The first kappa shape index (κ1) is 17.3. The van der Waals surface area contributed by atoms with Crippen molar-refractivity contribution in [3.63, 3.8) is 0 Å². The second-order valence-corrected chi connectivity index (χ2v) is 8.93. The highest BCUT2D eigenvalue weighted by atomic mass is 32.1. The largest absolute Gasteiger partial charge is 0.135 e. The van der Waals surface area contributed by atoms with Gasteiger partial charge in [-0.3, -0.25) is 0 Å². The summed E-state index contributed by atoms with van der Waals surface area (Å²) in [6.07, 6.45) is 2.17. The lowest BCUT2D eigenvalue weighted by Gasteiger charge is -2.16. The van der Waals surface area contributed by atoms with Crippen molar-refractivity contribution in [3.8, 4) is 0 Å². The van der Waals surface area contributed by atoms with Gasteiger partial charge in [0.1, 0.15) is 0 Å². The van der Waals surface area contributed by atoms with Gasteiger partial charge in [0.05, 0.1) is 0 Å². The minimum Gasteiger partial charge on any atom is -0.135 e. The smallest absolute Gasteiger partial charge is 0.0355 e. The van der Waals surface area contributed by atoms with E-state index in [0.717, 1.165) is 18.3 Å². The van der Waals surface area contributed by atoms with Crippen molar-refractivity contribution in [1.82, 2.24) is 0 Å². The molecule has 1 heterocycles. The Kier molecular flexibility index (Phi) is 4.82. The summed E-state index contributed by atoms with van der Waals surface area (Å²) in [5, 5.41) is 2.78. The molecule has 4 aromatic rings. The Morgan fingerprint density at radius 3 is 2.27 bits per heavy atom. The molecule has 0 aliphatic rings. The van der Waals surface area contributed by atoms with Crippen molar-refractivity contribution in [1.29, 1.82) is 0 Å². The maximum Gasteiger partial charge on any atom is 0.0355 e. The normalized spacial score (nSPS) is 12.9. The summed E-state index contributed by atoms with van der Waals surface area (Å²) >= 11 is 1.89. The minimum atomic E-state index is 0.721. The molecule has 1 unspecified atom stereocenters. The fraction of sp³-hybridized carbons (Fsp3) is 0.280. The van der Waals surface area contributed by atoms with Gasteiger partial charge in [0.25, 0.3) is 0 Å². The molecule has 0 saturated heterocycles. The van der Waals surface area contributed by atoms with E-state index >= 15 is 0 Å². The molecule has 0 nitrogen and oxygen atoms in total. The maximum absolute atomic E-state index is 2.40. The molecular formula is C25H26S. The number of hydrogen-bond donors (Lipinski definition) is 0. The molecule has 0 bridgehead atoms.